The summed E-state index contributed by atoms with van der Waals surface area (Å²) in [4.78, 5) is 2.32. The second kappa shape index (κ2) is 4.11. The second-order valence-corrected chi connectivity index (χ2v) is 4.57. The van der Waals surface area contributed by atoms with E-state index in [4.69, 9.17) is 5.26 Å². The van der Waals surface area contributed by atoms with Crippen molar-refractivity contribution in [2.24, 2.45) is 5.41 Å². The van der Waals surface area contributed by atoms with E-state index in [-0.39, 0.29) is 5.41 Å². The topological polar surface area (TPSA) is 27.0 Å². The van der Waals surface area contributed by atoms with E-state index < -0.39 is 0 Å². The molecule has 1 saturated carbocycles. The molecule has 0 aromatic heterocycles. The van der Waals surface area contributed by atoms with Gasteiger partial charge in [0.05, 0.1) is 11.5 Å². The molecule has 13 heavy (non-hydrogen) atoms. The summed E-state index contributed by atoms with van der Waals surface area (Å²) in [7, 11) is 2.13. The van der Waals surface area contributed by atoms with Gasteiger partial charge in [-0.3, -0.25) is 0 Å². The Morgan fingerprint density at radius 2 is 2.08 bits per heavy atom. The van der Waals surface area contributed by atoms with Gasteiger partial charge in [0.2, 0.25) is 0 Å². The van der Waals surface area contributed by atoms with Gasteiger partial charge in [-0.05, 0) is 46.7 Å². The normalized spacial score (nSPS) is 20.0. The Bertz CT molecular complexity index is 199. The molecule has 0 radical (unpaired) electrons. The van der Waals surface area contributed by atoms with Crippen LogP contribution in [0.1, 0.15) is 39.5 Å². The Labute approximate surface area is 81.5 Å². The SMILES string of the molecule is CC(C)N(C)CCC1(C#N)CCC1. The summed E-state index contributed by atoms with van der Waals surface area (Å²) in [6.07, 6.45) is 4.54. The molecule has 0 spiro atoms. The van der Waals surface area contributed by atoms with E-state index >= 15 is 0 Å². The Balaban J connectivity index is 2.29. The van der Waals surface area contributed by atoms with Gasteiger partial charge in [-0.15, -0.1) is 0 Å². The van der Waals surface area contributed by atoms with Crippen molar-refractivity contribution in [1.82, 2.24) is 4.90 Å². The van der Waals surface area contributed by atoms with Crippen LogP contribution in [0.4, 0.5) is 0 Å². The zero-order chi connectivity index (χ0) is 9.90. The molecule has 0 aromatic carbocycles. The first kappa shape index (κ1) is 10.5. The third kappa shape index (κ3) is 2.45. The first-order valence-electron chi connectivity index (χ1n) is 5.21. The van der Waals surface area contributed by atoms with Gasteiger partial charge in [-0.2, -0.15) is 5.26 Å². The molecule has 0 bridgehead atoms. The summed E-state index contributed by atoms with van der Waals surface area (Å²) in [5, 5.41) is 9.02. The average molecular weight is 180 g/mol. The summed E-state index contributed by atoms with van der Waals surface area (Å²) in [5.41, 5.74) is 0.0448. The molecule has 0 saturated heterocycles. The van der Waals surface area contributed by atoms with E-state index in [2.05, 4.69) is 31.9 Å². The lowest BCUT2D eigenvalue weighted by molar-refractivity contribution is 0.156. The smallest absolute Gasteiger partial charge is 0.0690 e. The van der Waals surface area contributed by atoms with E-state index in [0.29, 0.717) is 6.04 Å². The van der Waals surface area contributed by atoms with Gasteiger partial charge in [0.15, 0.2) is 0 Å². The molecule has 0 aliphatic heterocycles. The Kier molecular flexibility index (Phi) is 3.33. The molecular formula is C11H20N2. The molecule has 0 N–H and O–H groups in total. The van der Waals surface area contributed by atoms with Crippen molar-refractivity contribution in [3.8, 4) is 6.07 Å². The molecule has 2 nitrogen and oxygen atoms in total. The molecule has 74 valence electrons. The van der Waals surface area contributed by atoms with Gasteiger partial charge < -0.3 is 4.90 Å². The second-order valence-electron chi connectivity index (χ2n) is 4.57. The molecular weight excluding hydrogens is 160 g/mol. The predicted molar refractivity (Wildman–Crippen MR) is 54.3 cm³/mol. The number of hydrogen-bond acceptors (Lipinski definition) is 2. The quantitative estimate of drug-likeness (QED) is 0.664. The van der Waals surface area contributed by atoms with Crippen molar-refractivity contribution >= 4 is 0 Å². The van der Waals surface area contributed by atoms with Crippen LogP contribution in [0.3, 0.4) is 0 Å². The Morgan fingerprint density at radius 1 is 1.46 bits per heavy atom. The summed E-state index contributed by atoms with van der Waals surface area (Å²) in [6, 6.07) is 3.08. The van der Waals surface area contributed by atoms with Crippen molar-refractivity contribution in [2.45, 2.75) is 45.6 Å². The molecule has 2 heteroatoms. The Hall–Kier alpha value is -0.550. The molecule has 0 atom stereocenters. The minimum atomic E-state index is 0.0448. The first-order chi connectivity index (χ1) is 6.09. The summed E-state index contributed by atoms with van der Waals surface area (Å²) < 4.78 is 0. The maximum absolute atomic E-state index is 9.02. The summed E-state index contributed by atoms with van der Waals surface area (Å²) in [6.45, 7) is 5.45. The fourth-order valence-corrected chi connectivity index (χ4v) is 1.67. The number of nitriles is 1. The highest BCUT2D eigenvalue weighted by Gasteiger charge is 2.36. The van der Waals surface area contributed by atoms with Crippen molar-refractivity contribution in [1.29, 1.82) is 5.26 Å². The minimum Gasteiger partial charge on any atom is -0.304 e. The van der Waals surface area contributed by atoms with Gasteiger partial charge in [-0.25, -0.2) is 0 Å². The van der Waals surface area contributed by atoms with Gasteiger partial charge in [0, 0.05) is 6.04 Å². The number of rotatable bonds is 4. The van der Waals surface area contributed by atoms with Crippen molar-refractivity contribution < 1.29 is 0 Å². The van der Waals surface area contributed by atoms with Gasteiger partial charge in [0.1, 0.15) is 0 Å². The van der Waals surface area contributed by atoms with Crippen LogP contribution < -0.4 is 0 Å². The zero-order valence-electron chi connectivity index (χ0n) is 9.01. The van der Waals surface area contributed by atoms with Crippen molar-refractivity contribution in [3.05, 3.63) is 0 Å². The monoisotopic (exact) mass is 180 g/mol. The zero-order valence-corrected chi connectivity index (χ0v) is 9.01. The summed E-state index contributed by atoms with van der Waals surface area (Å²) in [5.74, 6) is 0. The maximum Gasteiger partial charge on any atom is 0.0690 e. The van der Waals surface area contributed by atoms with Crippen molar-refractivity contribution in [2.75, 3.05) is 13.6 Å². The van der Waals surface area contributed by atoms with Gasteiger partial charge in [0.25, 0.3) is 0 Å². The lowest BCUT2D eigenvalue weighted by atomic mass is 9.68. The molecule has 1 rings (SSSR count). The van der Waals surface area contributed by atoms with Crippen LogP contribution in [0.2, 0.25) is 0 Å². The van der Waals surface area contributed by atoms with Crippen LogP contribution in [-0.4, -0.2) is 24.5 Å². The molecule has 0 amide bonds. The van der Waals surface area contributed by atoms with E-state index in [1.54, 1.807) is 0 Å². The lowest BCUT2D eigenvalue weighted by Crippen LogP contribution is -2.35. The highest BCUT2D eigenvalue weighted by molar-refractivity contribution is 5.04. The molecule has 0 aromatic rings. The van der Waals surface area contributed by atoms with E-state index in [0.717, 1.165) is 25.8 Å². The maximum atomic E-state index is 9.02. The van der Waals surface area contributed by atoms with E-state index in [1.165, 1.54) is 6.42 Å². The van der Waals surface area contributed by atoms with Crippen LogP contribution in [0.15, 0.2) is 0 Å². The standard InChI is InChI=1S/C11H20N2/c1-10(2)13(3)8-7-11(9-12)5-4-6-11/h10H,4-8H2,1-3H3. The van der Waals surface area contributed by atoms with Crippen LogP contribution in [0.5, 0.6) is 0 Å². The number of nitrogens with zero attached hydrogens (tertiary/aromatic N) is 2. The van der Waals surface area contributed by atoms with Gasteiger partial charge >= 0.3 is 0 Å². The molecule has 1 aliphatic carbocycles. The average Bonchev–Trinajstić information content (AvgIpc) is 2.02. The molecule has 0 heterocycles. The molecule has 0 unspecified atom stereocenters. The lowest BCUT2D eigenvalue weighted by Gasteiger charge is -2.37. The van der Waals surface area contributed by atoms with Gasteiger partial charge in [-0.1, -0.05) is 6.42 Å². The van der Waals surface area contributed by atoms with E-state index in [9.17, 15) is 0 Å². The summed E-state index contributed by atoms with van der Waals surface area (Å²) >= 11 is 0. The minimum absolute atomic E-state index is 0.0448. The number of hydrogen-bond donors (Lipinski definition) is 0. The third-order valence-corrected chi connectivity index (χ3v) is 3.37. The highest BCUT2D eigenvalue weighted by atomic mass is 15.1. The molecule has 1 aliphatic rings. The van der Waals surface area contributed by atoms with E-state index in [1.807, 2.05) is 0 Å². The Morgan fingerprint density at radius 3 is 2.38 bits per heavy atom. The largest absolute Gasteiger partial charge is 0.304 e. The first-order valence-corrected chi connectivity index (χ1v) is 5.21. The third-order valence-electron chi connectivity index (χ3n) is 3.37. The fraction of sp³-hybridized carbons (Fsp3) is 0.909. The molecule has 1 fully saturated rings. The van der Waals surface area contributed by atoms with Crippen LogP contribution in [0.25, 0.3) is 0 Å². The highest BCUT2D eigenvalue weighted by Crippen LogP contribution is 2.43. The predicted octanol–water partition coefficient (Wildman–Crippen LogP) is 2.41. The fourth-order valence-electron chi connectivity index (χ4n) is 1.67. The van der Waals surface area contributed by atoms with Crippen LogP contribution in [-0.2, 0) is 0 Å². The van der Waals surface area contributed by atoms with Crippen LogP contribution >= 0.6 is 0 Å². The van der Waals surface area contributed by atoms with Crippen LogP contribution in [0, 0.1) is 16.7 Å². The van der Waals surface area contributed by atoms with Crippen molar-refractivity contribution in [3.63, 3.8) is 0 Å².